The topological polar surface area (TPSA) is 106 Å². The molecule has 7 nitrogen and oxygen atoms in total. The number of carbonyl (C=O) groups is 1. The maximum absolute atomic E-state index is 15.2. The van der Waals surface area contributed by atoms with Gasteiger partial charge in [0.05, 0.1) is 11.3 Å². The number of nitrogens with two attached hydrogens (primary N) is 1. The number of halogens is 5. The van der Waals surface area contributed by atoms with Gasteiger partial charge in [0.25, 0.3) is 5.91 Å². The molecular weight excluding hydrogens is 473 g/mol. The zero-order chi connectivity index (χ0) is 28.2. The second kappa shape index (κ2) is 8.62. The minimum Gasteiger partial charge on any atom is -0.382 e. The lowest BCUT2D eigenvalue weighted by Gasteiger charge is -2.15. The number of aliphatic hydroxyl groups excluding tert-OH is 1. The second-order valence-corrected chi connectivity index (χ2v) is 7.56. The lowest BCUT2D eigenvalue weighted by Crippen LogP contribution is -2.22. The Morgan fingerprint density at radius 1 is 1.23 bits per heavy atom. The lowest BCUT2D eigenvalue weighted by atomic mass is 10.0. The zero-order valence-electron chi connectivity index (χ0n) is 20.8. The van der Waals surface area contributed by atoms with Crippen molar-refractivity contribution in [2.24, 2.45) is 0 Å². The summed E-state index contributed by atoms with van der Waals surface area (Å²) in [5.74, 6) is -5.11. The number of fused-ring (bicyclic) bond motifs is 1. The van der Waals surface area contributed by atoms with E-state index in [4.69, 9.17) is 9.85 Å². The van der Waals surface area contributed by atoms with Crippen molar-refractivity contribution in [3.05, 3.63) is 76.9 Å². The predicted octanol–water partition coefficient (Wildman–Crippen LogP) is 4.56. The van der Waals surface area contributed by atoms with Crippen LogP contribution in [0.3, 0.4) is 0 Å². The van der Waals surface area contributed by atoms with Crippen molar-refractivity contribution >= 4 is 22.9 Å². The van der Waals surface area contributed by atoms with Crippen LogP contribution in [0.2, 0.25) is 0 Å². The van der Waals surface area contributed by atoms with Gasteiger partial charge in [0, 0.05) is 21.6 Å². The van der Waals surface area contributed by atoms with Crippen molar-refractivity contribution in [1.82, 2.24) is 14.4 Å². The highest BCUT2D eigenvalue weighted by atomic mass is 19.4. The van der Waals surface area contributed by atoms with E-state index in [0.717, 1.165) is 34.7 Å². The second-order valence-electron chi connectivity index (χ2n) is 7.56. The number of nitrogens with one attached hydrogen (secondary N) is 1. The van der Waals surface area contributed by atoms with Gasteiger partial charge in [0.15, 0.2) is 17.7 Å². The van der Waals surface area contributed by atoms with E-state index in [1.165, 1.54) is 13.1 Å². The first-order chi connectivity index (χ1) is 17.6. The van der Waals surface area contributed by atoms with Gasteiger partial charge in [0.1, 0.15) is 22.9 Å². The average molecular weight is 494 g/mol. The Kier molecular flexibility index (Phi) is 5.00. The van der Waals surface area contributed by atoms with E-state index in [2.05, 4.69) is 9.97 Å². The summed E-state index contributed by atoms with van der Waals surface area (Å²) in [6.45, 7) is -1.23. The van der Waals surface area contributed by atoms with Crippen LogP contribution in [0.4, 0.5) is 33.5 Å². The molecule has 0 radical (unpaired) electrons. The summed E-state index contributed by atoms with van der Waals surface area (Å²) in [4.78, 5) is 20.4. The maximum atomic E-state index is 15.2. The number of nitrogens with zero attached hydrogens (tertiary/aromatic N) is 3. The standard InChI is InChI=1S/C23H18F5N5O2/c1-10-9-30-21(29)19-18(31-11(2)33(10)19)14-6-7-15(17(25)16(14)24)32-22(35)20(34)12-4-3-5-13(8-12)23(26,27)28/h3-9,20,34H,1-2H3,(H2,29,30)(H,32,35)/t20-/m1/s1/i2D3. The molecule has 1 atom stereocenters. The third kappa shape index (κ3) is 4.28. The molecule has 35 heavy (non-hydrogen) atoms. The average Bonchev–Trinajstić information content (AvgIpc) is 3.26. The molecule has 2 heterocycles. The van der Waals surface area contributed by atoms with Crippen LogP contribution in [-0.4, -0.2) is 25.4 Å². The minimum atomic E-state index is -4.73. The van der Waals surface area contributed by atoms with Gasteiger partial charge in [-0.2, -0.15) is 13.2 Å². The fraction of sp³-hybridized carbons (Fsp3) is 0.174. The van der Waals surface area contributed by atoms with Crippen molar-refractivity contribution < 1.29 is 36.0 Å². The van der Waals surface area contributed by atoms with Gasteiger partial charge in [-0.15, -0.1) is 0 Å². The van der Waals surface area contributed by atoms with Gasteiger partial charge in [-0.1, -0.05) is 12.1 Å². The summed E-state index contributed by atoms with van der Waals surface area (Å²) in [7, 11) is 0. The number of benzene rings is 2. The Bertz CT molecular complexity index is 1570. The first-order valence-corrected chi connectivity index (χ1v) is 9.89. The van der Waals surface area contributed by atoms with Crippen molar-refractivity contribution in [2.75, 3.05) is 11.1 Å². The summed E-state index contributed by atoms with van der Waals surface area (Å²) < 4.78 is 93.4. The maximum Gasteiger partial charge on any atom is 0.416 e. The number of hydrogen-bond acceptors (Lipinski definition) is 5. The molecule has 4 rings (SSSR count). The fourth-order valence-electron chi connectivity index (χ4n) is 3.54. The number of nitrogen functional groups attached to an aromatic ring is 1. The summed E-state index contributed by atoms with van der Waals surface area (Å²) in [6, 6.07) is 5.25. The summed E-state index contributed by atoms with van der Waals surface area (Å²) >= 11 is 0. The molecule has 0 aliphatic carbocycles. The SMILES string of the molecule is [2H]C([2H])([2H])c1nc(-c2ccc(NC(=O)[C@H](O)c3cccc(C(F)(F)F)c3)c(F)c2F)c2c(N)ncc(C)n12. The lowest BCUT2D eigenvalue weighted by molar-refractivity contribution is -0.138. The molecule has 0 fully saturated rings. The number of rotatable bonds is 4. The van der Waals surface area contributed by atoms with Crippen LogP contribution in [0.5, 0.6) is 0 Å². The number of carbonyl (C=O) groups excluding carboxylic acids is 1. The number of amides is 1. The van der Waals surface area contributed by atoms with Crippen LogP contribution >= 0.6 is 0 Å². The number of anilines is 2. The van der Waals surface area contributed by atoms with E-state index < -0.39 is 64.9 Å². The van der Waals surface area contributed by atoms with Crippen LogP contribution < -0.4 is 11.1 Å². The summed E-state index contributed by atoms with van der Waals surface area (Å²) in [6.07, 6.45) is -5.58. The third-order valence-corrected chi connectivity index (χ3v) is 5.24. The number of imidazole rings is 1. The third-order valence-electron chi connectivity index (χ3n) is 5.24. The number of hydrogen-bond donors (Lipinski definition) is 3. The molecule has 0 aliphatic rings. The normalized spacial score (nSPS) is 14.3. The van der Waals surface area contributed by atoms with Crippen LogP contribution in [0, 0.1) is 25.4 Å². The van der Waals surface area contributed by atoms with Gasteiger partial charge in [-0.25, -0.2) is 18.7 Å². The fourth-order valence-corrected chi connectivity index (χ4v) is 3.54. The number of alkyl halides is 3. The Morgan fingerprint density at radius 2 is 1.97 bits per heavy atom. The van der Waals surface area contributed by atoms with E-state index in [9.17, 15) is 23.1 Å². The van der Waals surface area contributed by atoms with E-state index in [1.54, 1.807) is 0 Å². The van der Waals surface area contributed by atoms with Crippen molar-refractivity contribution in [2.45, 2.75) is 26.1 Å². The molecule has 0 aliphatic heterocycles. The van der Waals surface area contributed by atoms with Crippen LogP contribution in [-0.2, 0) is 11.0 Å². The van der Waals surface area contributed by atoms with Crippen LogP contribution in [0.15, 0.2) is 42.6 Å². The van der Waals surface area contributed by atoms with Crippen LogP contribution in [0.25, 0.3) is 16.8 Å². The van der Waals surface area contributed by atoms with Gasteiger partial charge in [0.2, 0.25) is 0 Å². The first-order valence-electron chi connectivity index (χ1n) is 11.4. The molecule has 0 unspecified atom stereocenters. The van der Waals surface area contributed by atoms with E-state index >= 15 is 8.78 Å². The van der Waals surface area contributed by atoms with Gasteiger partial charge >= 0.3 is 6.18 Å². The van der Waals surface area contributed by atoms with E-state index in [1.807, 2.05) is 5.32 Å². The molecule has 182 valence electrons. The highest BCUT2D eigenvalue weighted by Crippen LogP contribution is 2.34. The van der Waals surface area contributed by atoms with E-state index in [-0.39, 0.29) is 17.0 Å². The minimum absolute atomic E-state index is 0.0776. The molecular formula is C23H18F5N5O2. The smallest absolute Gasteiger partial charge is 0.382 e. The molecule has 0 spiro atoms. The van der Waals surface area contributed by atoms with Crippen LogP contribution in [0.1, 0.15) is 32.9 Å². The number of aromatic nitrogens is 3. The van der Waals surface area contributed by atoms with Crippen molar-refractivity contribution in [1.29, 1.82) is 0 Å². The molecule has 0 bridgehead atoms. The first kappa shape index (κ1) is 20.3. The Morgan fingerprint density at radius 3 is 2.66 bits per heavy atom. The number of aryl methyl sites for hydroxylation is 2. The van der Waals surface area contributed by atoms with Gasteiger partial charge in [-0.3, -0.25) is 9.20 Å². The molecule has 4 N–H and O–H groups in total. The zero-order valence-corrected chi connectivity index (χ0v) is 17.8. The van der Waals surface area contributed by atoms with Crippen molar-refractivity contribution in [3.8, 4) is 11.3 Å². The monoisotopic (exact) mass is 494 g/mol. The molecule has 4 aromatic rings. The highest BCUT2D eigenvalue weighted by molar-refractivity contribution is 5.95. The molecule has 0 saturated heterocycles. The summed E-state index contributed by atoms with van der Waals surface area (Å²) in [5, 5.41) is 12.1. The molecule has 12 heteroatoms. The molecule has 0 saturated carbocycles. The van der Waals surface area contributed by atoms with Crippen molar-refractivity contribution in [3.63, 3.8) is 0 Å². The highest BCUT2D eigenvalue weighted by Gasteiger charge is 2.32. The predicted molar refractivity (Wildman–Crippen MR) is 117 cm³/mol. The molecule has 2 aromatic carbocycles. The quantitative estimate of drug-likeness (QED) is 0.361. The number of aliphatic hydroxyl groups is 1. The Balaban J connectivity index is 1.72. The van der Waals surface area contributed by atoms with E-state index in [0.29, 0.717) is 11.8 Å². The Labute approximate surface area is 199 Å². The molecule has 1 amide bonds. The Hall–Kier alpha value is -4.06. The van der Waals surface area contributed by atoms with Gasteiger partial charge < -0.3 is 16.2 Å². The summed E-state index contributed by atoms with van der Waals surface area (Å²) in [5.41, 5.74) is 3.06. The van der Waals surface area contributed by atoms with Gasteiger partial charge in [-0.05, 0) is 43.6 Å². The largest absolute Gasteiger partial charge is 0.416 e. The molecule has 2 aromatic heterocycles.